The van der Waals surface area contributed by atoms with Crippen LogP contribution < -0.4 is 25.0 Å². The van der Waals surface area contributed by atoms with Gasteiger partial charge in [0, 0.05) is 45.4 Å². The van der Waals surface area contributed by atoms with E-state index in [9.17, 15) is 4.79 Å². The Balaban J connectivity index is 1.38. The predicted octanol–water partition coefficient (Wildman–Crippen LogP) is 1.20. The molecule has 0 radical (unpaired) electrons. The van der Waals surface area contributed by atoms with Crippen molar-refractivity contribution in [3.05, 3.63) is 29.3 Å². The van der Waals surface area contributed by atoms with Gasteiger partial charge in [0.05, 0.1) is 0 Å². The zero-order valence-corrected chi connectivity index (χ0v) is 17.5. The molecule has 2 aliphatic rings. The molecule has 0 spiro atoms. The smallest absolute Gasteiger partial charge is 0.285 e. The Morgan fingerprint density at radius 1 is 1.23 bits per heavy atom. The molecule has 11 heteroatoms. The van der Waals surface area contributed by atoms with Crippen LogP contribution >= 0.6 is 11.6 Å². The summed E-state index contributed by atoms with van der Waals surface area (Å²) in [5, 5.41) is 0.620. The molecule has 160 valence electrons. The Kier molecular flexibility index (Phi) is 5.69. The van der Waals surface area contributed by atoms with Gasteiger partial charge < -0.3 is 34.6 Å². The van der Waals surface area contributed by atoms with Gasteiger partial charge >= 0.3 is 0 Å². The Morgan fingerprint density at radius 3 is 2.60 bits per heavy atom. The molecule has 1 aromatic carbocycles. The highest BCUT2D eigenvalue weighted by Gasteiger charge is 2.36. The number of rotatable bonds is 5. The number of piperazine rings is 1. The van der Waals surface area contributed by atoms with E-state index in [1.54, 1.807) is 36.3 Å². The summed E-state index contributed by atoms with van der Waals surface area (Å²) in [6.07, 6.45) is -0.581. The average molecular weight is 435 g/mol. The van der Waals surface area contributed by atoms with Crippen LogP contribution in [0.25, 0.3) is 0 Å². The summed E-state index contributed by atoms with van der Waals surface area (Å²) < 4.78 is 16.6. The van der Waals surface area contributed by atoms with E-state index in [-0.39, 0.29) is 18.5 Å². The number of nitrogens with zero attached hydrogens (tertiary/aromatic N) is 5. The van der Waals surface area contributed by atoms with Crippen molar-refractivity contribution in [1.82, 2.24) is 14.9 Å². The van der Waals surface area contributed by atoms with E-state index in [1.807, 2.05) is 11.9 Å². The standard InChI is InChI=1S/C19H23ClN6O4/c1-24-15-16(22-18(21)23-17(15)30-19(24)28-2)26-9-7-25(8-10-26)14(27)11-29-13-5-3-12(20)4-6-13/h3-6,19H,7-11H2,1-2H3,(H2,21,22,23). The highest BCUT2D eigenvalue weighted by atomic mass is 35.5. The van der Waals surface area contributed by atoms with Crippen LogP contribution in [0.1, 0.15) is 0 Å². The van der Waals surface area contributed by atoms with Crippen molar-refractivity contribution in [2.75, 3.05) is 62.5 Å². The number of fused-ring (bicyclic) bond motifs is 1. The van der Waals surface area contributed by atoms with Crippen LogP contribution in [-0.4, -0.2) is 74.1 Å². The summed E-state index contributed by atoms with van der Waals surface area (Å²) in [6, 6.07) is 6.92. The van der Waals surface area contributed by atoms with Gasteiger partial charge in [0.1, 0.15) is 11.4 Å². The first-order valence-corrected chi connectivity index (χ1v) is 9.85. The van der Waals surface area contributed by atoms with E-state index in [4.69, 9.17) is 31.5 Å². The van der Waals surface area contributed by atoms with Crippen molar-refractivity contribution in [2.24, 2.45) is 0 Å². The zero-order valence-electron chi connectivity index (χ0n) is 16.7. The number of halogens is 1. The quantitative estimate of drug-likeness (QED) is 0.742. The summed E-state index contributed by atoms with van der Waals surface area (Å²) >= 11 is 5.86. The number of methoxy groups -OCH3 is 1. The van der Waals surface area contributed by atoms with Crippen molar-refractivity contribution >= 4 is 35.0 Å². The van der Waals surface area contributed by atoms with Crippen LogP contribution in [0, 0.1) is 0 Å². The lowest BCUT2D eigenvalue weighted by Gasteiger charge is -2.36. The van der Waals surface area contributed by atoms with Gasteiger partial charge in [-0.15, -0.1) is 0 Å². The van der Waals surface area contributed by atoms with Crippen molar-refractivity contribution < 1.29 is 19.0 Å². The van der Waals surface area contributed by atoms with E-state index in [1.165, 1.54) is 0 Å². The molecule has 0 bridgehead atoms. The largest absolute Gasteiger partial charge is 0.484 e. The van der Waals surface area contributed by atoms with Crippen LogP contribution in [0.15, 0.2) is 24.3 Å². The first-order valence-electron chi connectivity index (χ1n) is 9.47. The number of hydrogen-bond acceptors (Lipinski definition) is 9. The Labute approximate surface area is 179 Å². The van der Waals surface area contributed by atoms with Crippen molar-refractivity contribution in [2.45, 2.75) is 6.41 Å². The minimum Gasteiger partial charge on any atom is -0.484 e. The van der Waals surface area contributed by atoms with Gasteiger partial charge in [0.25, 0.3) is 12.3 Å². The molecule has 10 nitrogen and oxygen atoms in total. The zero-order chi connectivity index (χ0) is 21.3. The van der Waals surface area contributed by atoms with E-state index >= 15 is 0 Å². The summed E-state index contributed by atoms with van der Waals surface area (Å²) in [6.45, 7) is 2.26. The van der Waals surface area contributed by atoms with Crippen LogP contribution in [-0.2, 0) is 9.53 Å². The molecule has 1 aromatic heterocycles. The summed E-state index contributed by atoms with van der Waals surface area (Å²) in [4.78, 5) is 26.8. The molecule has 2 N–H and O–H groups in total. The molecule has 0 aliphatic carbocycles. The number of anilines is 3. The van der Waals surface area contributed by atoms with E-state index < -0.39 is 6.41 Å². The molecule has 1 unspecified atom stereocenters. The molecule has 2 aliphatic heterocycles. The van der Waals surface area contributed by atoms with Gasteiger partial charge in [-0.3, -0.25) is 4.79 Å². The fraction of sp³-hybridized carbons (Fsp3) is 0.421. The van der Waals surface area contributed by atoms with Crippen molar-refractivity contribution in [3.63, 3.8) is 0 Å². The third-order valence-electron chi connectivity index (χ3n) is 5.04. The SMILES string of the molecule is COC1Oc2nc(N)nc(N3CCN(C(=O)COc4ccc(Cl)cc4)CC3)c2N1C. The maximum absolute atomic E-state index is 12.5. The highest BCUT2D eigenvalue weighted by Crippen LogP contribution is 2.42. The second-order valence-corrected chi connectivity index (χ2v) is 7.38. The highest BCUT2D eigenvalue weighted by molar-refractivity contribution is 6.30. The molecule has 0 saturated carbocycles. The second-order valence-electron chi connectivity index (χ2n) is 6.94. The number of nitrogens with two attached hydrogens (primary N) is 1. The summed E-state index contributed by atoms with van der Waals surface area (Å²) in [5.41, 5.74) is 6.60. The minimum absolute atomic E-state index is 0.0242. The van der Waals surface area contributed by atoms with Gasteiger partial charge in [-0.25, -0.2) is 0 Å². The predicted molar refractivity (Wildman–Crippen MR) is 112 cm³/mol. The monoisotopic (exact) mass is 434 g/mol. The van der Waals surface area contributed by atoms with Gasteiger partial charge in [0.15, 0.2) is 12.4 Å². The number of aromatic nitrogens is 2. The van der Waals surface area contributed by atoms with Crippen LogP contribution in [0.5, 0.6) is 11.6 Å². The van der Waals surface area contributed by atoms with Gasteiger partial charge in [-0.05, 0) is 24.3 Å². The van der Waals surface area contributed by atoms with E-state index in [0.717, 1.165) is 5.69 Å². The molecule has 2 aromatic rings. The molecular formula is C19H23ClN6O4. The van der Waals surface area contributed by atoms with E-state index in [2.05, 4.69) is 14.9 Å². The lowest BCUT2D eigenvalue weighted by Crippen LogP contribution is -2.50. The molecule has 30 heavy (non-hydrogen) atoms. The first-order chi connectivity index (χ1) is 14.5. The minimum atomic E-state index is -0.581. The fourth-order valence-electron chi connectivity index (χ4n) is 3.47. The summed E-state index contributed by atoms with van der Waals surface area (Å²) in [7, 11) is 3.40. The van der Waals surface area contributed by atoms with Crippen molar-refractivity contribution in [3.8, 4) is 11.6 Å². The topological polar surface area (TPSA) is 106 Å². The maximum Gasteiger partial charge on any atom is 0.285 e. The average Bonchev–Trinajstić information content (AvgIpc) is 3.08. The van der Waals surface area contributed by atoms with Crippen LogP contribution in [0.2, 0.25) is 5.02 Å². The first kappa shape index (κ1) is 20.3. The van der Waals surface area contributed by atoms with Crippen molar-refractivity contribution in [1.29, 1.82) is 0 Å². The molecule has 1 amide bonds. The van der Waals surface area contributed by atoms with Gasteiger partial charge in [-0.2, -0.15) is 9.97 Å². The lowest BCUT2D eigenvalue weighted by atomic mass is 10.3. The second kappa shape index (κ2) is 8.41. The third kappa shape index (κ3) is 4.01. The fourth-order valence-corrected chi connectivity index (χ4v) is 3.60. The third-order valence-corrected chi connectivity index (χ3v) is 5.29. The molecule has 1 atom stereocenters. The molecule has 1 saturated heterocycles. The van der Waals surface area contributed by atoms with Crippen LogP contribution in [0.3, 0.4) is 0 Å². The normalized spacial score (nSPS) is 18.2. The lowest BCUT2D eigenvalue weighted by molar-refractivity contribution is -0.133. The Bertz CT molecular complexity index is 920. The number of nitrogen functional groups attached to an aromatic ring is 1. The number of amides is 1. The van der Waals surface area contributed by atoms with Gasteiger partial charge in [-0.1, -0.05) is 11.6 Å². The number of hydrogen-bond donors (Lipinski definition) is 1. The maximum atomic E-state index is 12.5. The molecule has 3 heterocycles. The number of carbonyl (C=O) groups excluding carboxylic acids is 1. The number of ether oxygens (including phenoxy) is 3. The summed E-state index contributed by atoms with van der Waals surface area (Å²) in [5.74, 6) is 1.72. The van der Waals surface area contributed by atoms with Crippen LogP contribution in [0.4, 0.5) is 17.5 Å². The van der Waals surface area contributed by atoms with E-state index in [0.29, 0.717) is 48.6 Å². The number of benzene rings is 1. The molecule has 1 fully saturated rings. The molecule has 4 rings (SSSR count). The molecular weight excluding hydrogens is 412 g/mol. The van der Waals surface area contributed by atoms with Gasteiger partial charge in [0.2, 0.25) is 11.8 Å². The Hall–Kier alpha value is -2.98. The Morgan fingerprint density at radius 2 is 1.93 bits per heavy atom. The number of carbonyl (C=O) groups is 1.